The minimum atomic E-state index is -0.0568. The summed E-state index contributed by atoms with van der Waals surface area (Å²) < 4.78 is 11.2. The van der Waals surface area contributed by atoms with Crippen LogP contribution in [0.5, 0.6) is 5.75 Å². The molecule has 0 bridgehead atoms. The molecule has 1 fully saturated rings. The van der Waals surface area contributed by atoms with Crippen molar-refractivity contribution in [1.29, 1.82) is 0 Å². The van der Waals surface area contributed by atoms with E-state index < -0.39 is 0 Å². The number of morpholine rings is 1. The van der Waals surface area contributed by atoms with Crippen LogP contribution in [-0.2, 0) is 4.74 Å². The van der Waals surface area contributed by atoms with Gasteiger partial charge in [0.1, 0.15) is 11.9 Å². The van der Waals surface area contributed by atoms with Gasteiger partial charge >= 0.3 is 0 Å². The first kappa shape index (κ1) is 24.3. The predicted molar refractivity (Wildman–Crippen MR) is 123 cm³/mol. The van der Waals surface area contributed by atoms with Crippen molar-refractivity contribution in [2.24, 2.45) is 4.99 Å². The number of benzene rings is 1. The zero-order chi connectivity index (χ0) is 18.6. The molecule has 1 aromatic carbocycles. The average Bonchev–Trinajstić information content (AvgIpc) is 2.66. The molecular weight excluding hydrogens is 479 g/mol. The zero-order valence-corrected chi connectivity index (χ0v) is 19.3. The van der Waals surface area contributed by atoms with E-state index in [1.807, 2.05) is 31.2 Å². The topological polar surface area (TPSA) is 58.1 Å². The quantitative estimate of drug-likeness (QED) is 0.232. The molecule has 1 aliphatic rings. The minimum absolute atomic E-state index is 0. The first-order valence-corrected chi connectivity index (χ1v) is 9.80. The van der Waals surface area contributed by atoms with Crippen molar-refractivity contribution >= 4 is 41.5 Å². The van der Waals surface area contributed by atoms with E-state index in [0.29, 0.717) is 17.3 Å². The molecule has 1 atom stereocenters. The van der Waals surface area contributed by atoms with Crippen molar-refractivity contribution in [1.82, 2.24) is 15.5 Å². The van der Waals surface area contributed by atoms with Crippen molar-refractivity contribution in [2.45, 2.75) is 26.4 Å². The Morgan fingerprint density at radius 2 is 2.04 bits per heavy atom. The lowest BCUT2D eigenvalue weighted by Crippen LogP contribution is -2.41. The van der Waals surface area contributed by atoms with Gasteiger partial charge in [0.25, 0.3) is 0 Å². The van der Waals surface area contributed by atoms with Gasteiger partial charge in [-0.25, -0.2) is 4.99 Å². The van der Waals surface area contributed by atoms with Crippen LogP contribution >= 0.6 is 35.6 Å². The predicted octanol–water partition coefficient (Wildman–Crippen LogP) is 3.00. The lowest BCUT2D eigenvalue weighted by Gasteiger charge is -2.26. The SMILES string of the molecule is CCNC(=NCC(C)Oc1ccccc1Cl)NCCCN1CCOCC1.I. The van der Waals surface area contributed by atoms with Crippen LogP contribution in [0.25, 0.3) is 0 Å². The van der Waals surface area contributed by atoms with Crippen LogP contribution < -0.4 is 15.4 Å². The lowest BCUT2D eigenvalue weighted by molar-refractivity contribution is 0.0376. The van der Waals surface area contributed by atoms with Crippen LogP contribution in [0.4, 0.5) is 0 Å². The molecule has 1 aliphatic heterocycles. The lowest BCUT2D eigenvalue weighted by atomic mass is 10.3. The Bertz CT molecular complexity index is 556. The van der Waals surface area contributed by atoms with E-state index in [9.17, 15) is 0 Å². The van der Waals surface area contributed by atoms with E-state index in [0.717, 1.165) is 58.3 Å². The van der Waals surface area contributed by atoms with Crippen LogP contribution in [0.1, 0.15) is 20.3 Å². The van der Waals surface area contributed by atoms with Crippen LogP contribution in [0.15, 0.2) is 29.3 Å². The highest BCUT2D eigenvalue weighted by Gasteiger charge is 2.10. The Kier molecular flexibility index (Phi) is 12.8. The Morgan fingerprint density at radius 1 is 1.30 bits per heavy atom. The number of para-hydroxylation sites is 1. The fourth-order valence-electron chi connectivity index (χ4n) is 2.69. The molecule has 2 N–H and O–H groups in total. The maximum atomic E-state index is 6.13. The van der Waals surface area contributed by atoms with Gasteiger partial charge in [-0.2, -0.15) is 0 Å². The molecule has 0 radical (unpaired) electrons. The molecule has 1 saturated heterocycles. The Hall–Kier alpha value is -0.770. The van der Waals surface area contributed by atoms with E-state index in [1.165, 1.54) is 0 Å². The van der Waals surface area contributed by atoms with Crippen molar-refractivity contribution in [3.63, 3.8) is 0 Å². The fourth-order valence-corrected chi connectivity index (χ4v) is 2.87. The van der Waals surface area contributed by atoms with Gasteiger partial charge in [0.05, 0.1) is 24.8 Å². The summed E-state index contributed by atoms with van der Waals surface area (Å²) in [6.07, 6.45) is 1.02. The summed E-state index contributed by atoms with van der Waals surface area (Å²) >= 11 is 6.13. The van der Waals surface area contributed by atoms with Gasteiger partial charge in [-0.3, -0.25) is 4.90 Å². The van der Waals surface area contributed by atoms with Gasteiger partial charge < -0.3 is 20.1 Å². The fraction of sp³-hybridized carbons (Fsp3) is 0.632. The zero-order valence-electron chi connectivity index (χ0n) is 16.2. The molecule has 0 aliphatic carbocycles. The number of rotatable bonds is 9. The third-order valence-electron chi connectivity index (χ3n) is 4.06. The minimum Gasteiger partial charge on any atom is -0.487 e. The highest BCUT2D eigenvalue weighted by molar-refractivity contribution is 14.0. The molecule has 1 unspecified atom stereocenters. The van der Waals surface area contributed by atoms with Gasteiger partial charge in [0.15, 0.2) is 5.96 Å². The molecule has 8 heteroatoms. The summed E-state index contributed by atoms with van der Waals surface area (Å²) in [5.41, 5.74) is 0. The molecular formula is C19H32ClIN4O2. The van der Waals surface area contributed by atoms with E-state index in [1.54, 1.807) is 0 Å². The molecule has 0 amide bonds. The van der Waals surface area contributed by atoms with Gasteiger partial charge in [-0.1, -0.05) is 23.7 Å². The normalized spacial score (nSPS) is 16.3. The molecule has 0 aromatic heterocycles. The van der Waals surface area contributed by atoms with Gasteiger partial charge in [-0.15, -0.1) is 24.0 Å². The second-order valence-electron chi connectivity index (χ2n) is 6.31. The number of nitrogens with one attached hydrogen (secondary N) is 2. The number of guanidine groups is 1. The monoisotopic (exact) mass is 510 g/mol. The van der Waals surface area contributed by atoms with Gasteiger partial charge in [0.2, 0.25) is 0 Å². The molecule has 1 aromatic rings. The van der Waals surface area contributed by atoms with Crippen molar-refractivity contribution in [2.75, 3.05) is 52.5 Å². The third kappa shape index (κ3) is 9.82. The Labute approximate surface area is 185 Å². The number of nitrogens with zero attached hydrogens (tertiary/aromatic N) is 2. The molecule has 2 rings (SSSR count). The van der Waals surface area contributed by atoms with E-state index in [-0.39, 0.29) is 30.1 Å². The molecule has 1 heterocycles. The molecule has 27 heavy (non-hydrogen) atoms. The maximum Gasteiger partial charge on any atom is 0.191 e. The molecule has 154 valence electrons. The van der Waals surface area contributed by atoms with Crippen LogP contribution in [0.2, 0.25) is 5.02 Å². The standard InChI is InChI=1S/C19H31ClN4O2.HI/c1-3-21-19(22-9-6-10-24-11-13-25-14-12-24)23-15-16(2)26-18-8-5-4-7-17(18)20;/h4-5,7-8,16H,3,6,9-15H2,1-2H3,(H2,21,22,23);1H. The number of ether oxygens (including phenoxy) is 2. The van der Waals surface area contributed by atoms with E-state index in [2.05, 4.69) is 27.4 Å². The smallest absolute Gasteiger partial charge is 0.191 e. The second kappa shape index (κ2) is 14.3. The van der Waals surface area contributed by atoms with Crippen LogP contribution in [0, 0.1) is 0 Å². The first-order chi connectivity index (χ1) is 12.7. The van der Waals surface area contributed by atoms with Crippen molar-refractivity contribution in [3.8, 4) is 5.75 Å². The average molecular weight is 511 g/mol. The highest BCUT2D eigenvalue weighted by Crippen LogP contribution is 2.24. The van der Waals surface area contributed by atoms with Crippen LogP contribution in [0.3, 0.4) is 0 Å². The number of halogens is 2. The highest BCUT2D eigenvalue weighted by atomic mass is 127. The summed E-state index contributed by atoms with van der Waals surface area (Å²) in [5, 5.41) is 7.29. The number of hydrogen-bond donors (Lipinski definition) is 2. The largest absolute Gasteiger partial charge is 0.487 e. The second-order valence-corrected chi connectivity index (χ2v) is 6.72. The summed E-state index contributed by atoms with van der Waals surface area (Å²) in [6.45, 7) is 11.2. The van der Waals surface area contributed by atoms with Gasteiger partial charge in [0, 0.05) is 26.2 Å². The number of aliphatic imine (C=N–C) groups is 1. The van der Waals surface area contributed by atoms with Crippen molar-refractivity contribution in [3.05, 3.63) is 29.3 Å². The Balaban J connectivity index is 0.00000364. The van der Waals surface area contributed by atoms with Gasteiger partial charge in [-0.05, 0) is 38.9 Å². The molecule has 0 saturated carbocycles. The summed E-state index contributed by atoms with van der Waals surface area (Å²) in [7, 11) is 0. The van der Waals surface area contributed by atoms with E-state index in [4.69, 9.17) is 21.1 Å². The summed E-state index contributed by atoms with van der Waals surface area (Å²) in [6, 6.07) is 7.50. The van der Waals surface area contributed by atoms with Crippen molar-refractivity contribution < 1.29 is 9.47 Å². The first-order valence-electron chi connectivity index (χ1n) is 9.42. The van der Waals surface area contributed by atoms with E-state index >= 15 is 0 Å². The summed E-state index contributed by atoms with van der Waals surface area (Å²) in [5.74, 6) is 1.52. The summed E-state index contributed by atoms with van der Waals surface area (Å²) in [4.78, 5) is 7.06. The number of hydrogen-bond acceptors (Lipinski definition) is 4. The molecule has 0 spiro atoms. The molecule has 6 nitrogen and oxygen atoms in total. The maximum absolute atomic E-state index is 6.13. The van der Waals surface area contributed by atoms with Crippen LogP contribution in [-0.4, -0.2) is 69.4 Å². The third-order valence-corrected chi connectivity index (χ3v) is 4.38. The Morgan fingerprint density at radius 3 is 2.74 bits per heavy atom.